The molecule has 18 heavy (non-hydrogen) atoms. The van der Waals surface area contributed by atoms with Crippen LogP contribution in [0.1, 0.15) is 22.9 Å². The first kappa shape index (κ1) is 11.2. The first-order valence-corrected chi connectivity index (χ1v) is 6.23. The van der Waals surface area contributed by atoms with Gasteiger partial charge in [0.1, 0.15) is 6.17 Å². The van der Waals surface area contributed by atoms with Crippen molar-refractivity contribution < 1.29 is 4.39 Å². The van der Waals surface area contributed by atoms with Gasteiger partial charge in [-0.1, -0.05) is 24.3 Å². The van der Waals surface area contributed by atoms with Crippen LogP contribution < -0.4 is 5.32 Å². The Kier molecular flexibility index (Phi) is 2.97. The fourth-order valence-electron chi connectivity index (χ4n) is 2.46. The zero-order valence-corrected chi connectivity index (χ0v) is 10.1. The number of benzene rings is 1. The van der Waals surface area contributed by atoms with Crippen molar-refractivity contribution in [2.45, 2.75) is 19.0 Å². The summed E-state index contributed by atoms with van der Waals surface area (Å²) < 4.78 is 14.4. The van der Waals surface area contributed by atoms with Gasteiger partial charge in [-0.3, -0.25) is 4.98 Å². The lowest BCUT2D eigenvalue weighted by molar-refractivity contribution is 0.343. The normalized spacial score (nSPS) is 14.9. The van der Waals surface area contributed by atoms with Crippen LogP contribution in [-0.4, -0.2) is 11.5 Å². The summed E-state index contributed by atoms with van der Waals surface area (Å²) in [5, 5.41) is 3.28. The molecule has 92 valence electrons. The molecule has 1 aliphatic rings. The van der Waals surface area contributed by atoms with E-state index in [2.05, 4.69) is 16.4 Å². The Balaban J connectivity index is 1.85. The van der Waals surface area contributed by atoms with E-state index in [-0.39, 0.29) is 0 Å². The van der Waals surface area contributed by atoms with Crippen LogP contribution in [0.5, 0.6) is 0 Å². The van der Waals surface area contributed by atoms with Gasteiger partial charge in [-0.15, -0.1) is 0 Å². The number of fused-ring (bicyclic) bond motifs is 1. The Morgan fingerprint density at radius 2 is 2.22 bits per heavy atom. The molecule has 1 atom stereocenters. The largest absolute Gasteiger partial charge is 0.384 e. The summed E-state index contributed by atoms with van der Waals surface area (Å²) in [4.78, 5) is 4.02. The van der Waals surface area contributed by atoms with Gasteiger partial charge in [0.25, 0.3) is 0 Å². The van der Waals surface area contributed by atoms with E-state index >= 15 is 0 Å². The number of halogens is 1. The predicted molar refractivity (Wildman–Crippen MR) is 70.4 cm³/mol. The number of alkyl halides is 1. The summed E-state index contributed by atoms with van der Waals surface area (Å²) in [6.07, 6.45) is 3.82. The van der Waals surface area contributed by atoms with Crippen molar-refractivity contribution in [3.05, 3.63) is 59.4 Å². The second-order valence-electron chi connectivity index (χ2n) is 4.59. The third-order valence-corrected chi connectivity index (χ3v) is 3.35. The van der Waals surface area contributed by atoms with Crippen molar-refractivity contribution in [3.63, 3.8) is 0 Å². The van der Waals surface area contributed by atoms with Crippen LogP contribution in [0.4, 0.5) is 10.1 Å². The highest BCUT2D eigenvalue weighted by atomic mass is 19.1. The number of anilines is 1. The highest BCUT2D eigenvalue weighted by Gasteiger charge is 2.20. The van der Waals surface area contributed by atoms with E-state index in [1.54, 1.807) is 12.4 Å². The molecule has 0 saturated carbocycles. The molecule has 0 saturated heterocycles. The summed E-state index contributed by atoms with van der Waals surface area (Å²) in [6.45, 7) is 0.909. The number of para-hydroxylation sites is 1. The minimum atomic E-state index is -0.977. The topological polar surface area (TPSA) is 24.9 Å². The predicted octanol–water partition coefficient (Wildman–Crippen LogP) is 3.30. The monoisotopic (exact) mass is 242 g/mol. The van der Waals surface area contributed by atoms with Crippen LogP contribution in [0.2, 0.25) is 0 Å². The number of nitrogens with zero attached hydrogens (tertiary/aromatic N) is 1. The fourth-order valence-corrected chi connectivity index (χ4v) is 2.46. The van der Waals surface area contributed by atoms with Crippen molar-refractivity contribution >= 4 is 5.69 Å². The van der Waals surface area contributed by atoms with Gasteiger partial charge in [0.05, 0.1) is 0 Å². The van der Waals surface area contributed by atoms with Gasteiger partial charge >= 0.3 is 0 Å². The Morgan fingerprint density at radius 1 is 1.28 bits per heavy atom. The first-order valence-electron chi connectivity index (χ1n) is 6.23. The second kappa shape index (κ2) is 4.77. The van der Waals surface area contributed by atoms with E-state index in [1.165, 1.54) is 5.56 Å². The SMILES string of the molecule is FC(Cc1cccnc1)c1cccc2c1NCC2. The number of pyridine rings is 1. The quantitative estimate of drug-likeness (QED) is 0.893. The van der Waals surface area contributed by atoms with Crippen LogP contribution in [0, 0.1) is 0 Å². The van der Waals surface area contributed by atoms with E-state index in [0.29, 0.717) is 6.42 Å². The summed E-state index contributed by atoms with van der Waals surface area (Å²) in [5.74, 6) is 0. The minimum Gasteiger partial charge on any atom is -0.384 e. The Morgan fingerprint density at radius 3 is 3.06 bits per heavy atom. The maximum absolute atomic E-state index is 14.4. The second-order valence-corrected chi connectivity index (χ2v) is 4.59. The molecule has 0 spiro atoms. The smallest absolute Gasteiger partial charge is 0.131 e. The Hall–Kier alpha value is -1.90. The average molecular weight is 242 g/mol. The summed E-state index contributed by atoms with van der Waals surface area (Å²) in [7, 11) is 0. The van der Waals surface area contributed by atoms with Crippen LogP contribution >= 0.6 is 0 Å². The van der Waals surface area contributed by atoms with Gasteiger partial charge in [-0.25, -0.2) is 4.39 Å². The molecule has 2 heterocycles. The number of rotatable bonds is 3. The van der Waals surface area contributed by atoms with Gasteiger partial charge in [0, 0.05) is 36.6 Å². The molecular formula is C15H15FN2. The molecule has 0 aliphatic carbocycles. The number of hydrogen-bond acceptors (Lipinski definition) is 2. The maximum Gasteiger partial charge on any atom is 0.131 e. The van der Waals surface area contributed by atoms with Crippen molar-refractivity contribution in [2.75, 3.05) is 11.9 Å². The van der Waals surface area contributed by atoms with Crippen LogP contribution in [0.15, 0.2) is 42.7 Å². The third kappa shape index (κ3) is 2.08. The van der Waals surface area contributed by atoms with Crippen molar-refractivity contribution in [2.24, 2.45) is 0 Å². The lowest BCUT2D eigenvalue weighted by atomic mass is 9.99. The summed E-state index contributed by atoms with van der Waals surface area (Å²) in [5.41, 5.74) is 3.92. The lowest BCUT2D eigenvalue weighted by Gasteiger charge is -2.13. The van der Waals surface area contributed by atoms with Crippen molar-refractivity contribution in [1.82, 2.24) is 4.98 Å². The molecule has 3 rings (SSSR count). The van der Waals surface area contributed by atoms with Gasteiger partial charge in [-0.05, 0) is 23.6 Å². The average Bonchev–Trinajstić information content (AvgIpc) is 2.87. The van der Waals surface area contributed by atoms with E-state index < -0.39 is 6.17 Å². The molecule has 0 amide bonds. The van der Waals surface area contributed by atoms with E-state index in [4.69, 9.17) is 0 Å². The summed E-state index contributed by atoms with van der Waals surface area (Å²) in [6, 6.07) is 9.64. The molecule has 2 aromatic rings. The molecule has 3 heteroatoms. The Bertz CT molecular complexity index is 539. The molecule has 0 fully saturated rings. The molecule has 1 aromatic carbocycles. The molecule has 1 aliphatic heterocycles. The van der Waals surface area contributed by atoms with Crippen molar-refractivity contribution in [1.29, 1.82) is 0 Å². The van der Waals surface area contributed by atoms with Crippen molar-refractivity contribution in [3.8, 4) is 0 Å². The molecule has 1 unspecified atom stereocenters. The number of aromatic nitrogens is 1. The fraction of sp³-hybridized carbons (Fsp3) is 0.267. The van der Waals surface area contributed by atoms with E-state index in [0.717, 1.165) is 29.8 Å². The zero-order chi connectivity index (χ0) is 12.4. The highest BCUT2D eigenvalue weighted by molar-refractivity contribution is 5.62. The van der Waals surface area contributed by atoms with Gasteiger partial charge < -0.3 is 5.32 Å². The molecule has 1 N–H and O–H groups in total. The zero-order valence-electron chi connectivity index (χ0n) is 10.1. The van der Waals surface area contributed by atoms with Gasteiger partial charge in [-0.2, -0.15) is 0 Å². The standard InChI is InChI=1S/C15H15FN2/c16-14(9-11-3-2-7-17-10-11)13-5-1-4-12-6-8-18-15(12)13/h1-5,7,10,14,18H,6,8-9H2. The van der Waals surface area contributed by atoms with Crippen LogP contribution in [0.3, 0.4) is 0 Å². The lowest BCUT2D eigenvalue weighted by Crippen LogP contribution is -2.02. The molecular weight excluding hydrogens is 227 g/mol. The van der Waals surface area contributed by atoms with Gasteiger partial charge in [0.2, 0.25) is 0 Å². The summed E-state index contributed by atoms with van der Waals surface area (Å²) >= 11 is 0. The molecule has 1 aromatic heterocycles. The molecule has 0 radical (unpaired) electrons. The van der Waals surface area contributed by atoms with Gasteiger partial charge in [0.15, 0.2) is 0 Å². The first-order chi connectivity index (χ1) is 8.84. The van der Waals surface area contributed by atoms with Crippen LogP contribution in [-0.2, 0) is 12.8 Å². The van der Waals surface area contributed by atoms with Crippen LogP contribution in [0.25, 0.3) is 0 Å². The number of nitrogens with one attached hydrogen (secondary N) is 1. The number of hydrogen-bond donors (Lipinski definition) is 1. The third-order valence-electron chi connectivity index (χ3n) is 3.35. The minimum absolute atomic E-state index is 0.381. The maximum atomic E-state index is 14.4. The van der Waals surface area contributed by atoms with E-state index in [1.807, 2.05) is 24.3 Å². The molecule has 0 bridgehead atoms. The molecule has 2 nitrogen and oxygen atoms in total. The highest BCUT2D eigenvalue weighted by Crippen LogP contribution is 2.34. The Labute approximate surface area is 106 Å². The van der Waals surface area contributed by atoms with E-state index in [9.17, 15) is 4.39 Å².